The number of nitrogens with zero attached hydrogens (tertiary/aromatic N) is 6. The van der Waals surface area contributed by atoms with Crippen molar-refractivity contribution in [1.29, 1.82) is 0 Å². The lowest BCUT2D eigenvalue weighted by molar-refractivity contribution is 0.0975. The molecular weight excluding hydrogens is 472 g/mol. The number of amides is 2. The number of hydrogen-bond acceptors (Lipinski definition) is 7. The molecule has 2 saturated heterocycles. The number of urea groups is 1. The van der Waals surface area contributed by atoms with Crippen molar-refractivity contribution in [2.75, 3.05) is 44.6 Å². The standard InChI is InChI=1S/C26H28N8OS/c35-26(34-11-10-32-7-1-2-19(32)14-34)33-8-5-17(6-9-33)22-13-20-24(27-15-28-25(20)31-22)30-18-3-4-21-23(12-18)36-16-29-21/h3-5,12-13,15-16,19H,1-2,6-11,14H2,(H2,27,28,30,31). The van der Waals surface area contributed by atoms with E-state index in [4.69, 9.17) is 0 Å². The molecule has 184 valence electrons. The zero-order chi connectivity index (χ0) is 24.1. The number of aromatic nitrogens is 4. The number of anilines is 2. The molecule has 3 aromatic heterocycles. The summed E-state index contributed by atoms with van der Waals surface area (Å²) < 4.78 is 1.14. The molecule has 0 spiro atoms. The minimum atomic E-state index is 0.184. The highest BCUT2D eigenvalue weighted by Gasteiger charge is 2.34. The largest absolute Gasteiger partial charge is 0.340 e. The first-order chi connectivity index (χ1) is 17.7. The normalized spacial score (nSPS) is 20.7. The maximum Gasteiger partial charge on any atom is 0.320 e. The van der Waals surface area contributed by atoms with Gasteiger partial charge in [-0.3, -0.25) is 4.90 Å². The molecule has 0 aliphatic carbocycles. The molecule has 2 N–H and O–H groups in total. The lowest BCUT2D eigenvalue weighted by Gasteiger charge is -2.40. The molecule has 10 heteroatoms. The van der Waals surface area contributed by atoms with Crippen LogP contribution in [-0.4, -0.2) is 86.0 Å². The number of rotatable bonds is 3. The third-order valence-electron chi connectivity index (χ3n) is 7.70. The average Bonchev–Trinajstić information content (AvgIpc) is 3.67. The van der Waals surface area contributed by atoms with Gasteiger partial charge in [-0.05, 0) is 55.6 Å². The van der Waals surface area contributed by atoms with Crippen molar-refractivity contribution in [1.82, 2.24) is 34.6 Å². The molecular formula is C26H28N8OS. The Morgan fingerprint density at radius 3 is 2.97 bits per heavy atom. The highest BCUT2D eigenvalue weighted by Crippen LogP contribution is 2.31. The monoisotopic (exact) mass is 500 g/mol. The topological polar surface area (TPSA) is 93.3 Å². The second-order valence-corrected chi connectivity index (χ2v) is 10.7. The summed E-state index contributed by atoms with van der Waals surface area (Å²) in [6.07, 6.45) is 7.05. The van der Waals surface area contributed by atoms with Gasteiger partial charge in [-0.25, -0.2) is 19.7 Å². The molecule has 36 heavy (non-hydrogen) atoms. The van der Waals surface area contributed by atoms with E-state index in [2.05, 4.69) is 53.3 Å². The Bertz CT molecular complexity index is 1480. The zero-order valence-corrected chi connectivity index (χ0v) is 20.8. The minimum Gasteiger partial charge on any atom is -0.340 e. The fourth-order valence-electron chi connectivity index (χ4n) is 5.73. The minimum absolute atomic E-state index is 0.184. The van der Waals surface area contributed by atoms with E-state index in [1.54, 1.807) is 17.7 Å². The smallest absolute Gasteiger partial charge is 0.320 e. The summed E-state index contributed by atoms with van der Waals surface area (Å²) >= 11 is 1.62. The molecule has 7 rings (SSSR count). The molecule has 4 aromatic rings. The van der Waals surface area contributed by atoms with Gasteiger partial charge in [0.2, 0.25) is 0 Å². The van der Waals surface area contributed by atoms with Crippen molar-refractivity contribution in [3.05, 3.63) is 47.9 Å². The van der Waals surface area contributed by atoms with Gasteiger partial charge in [0.25, 0.3) is 0 Å². The molecule has 6 heterocycles. The van der Waals surface area contributed by atoms with E-state index in [1.807, 2.05) is 22.5 Å². The van der Waals surface area contributed by atoms with Crippen molar-refractivity contribution in [3.8, 4) is 0 Å². The molecule has 3 aliphatic heterocycles. The highest BCUT2D eigenvalue weighted by atomic mass is 32.1. The van der Waals surface area contributed by atoms with Crippen LogP contribution in [0.15, 0.2) is 42.2 Å². The molecule has 0 radical (unpaired) electrons. The van der Waals surface area contributed by atoms with Crippen molar-refractivity contribution < 1.29 is 4.79 Å². The molecule has 2 fully saturated rings. The third kappa shape index (κ3) is 3.90. The molecule has 1 unspecified atom stereocenters. The quantitative estimate of drug-likeness (QED) is 0.436. The molecule has 3 aliphatic rings. The Balaban J connectivity index is 1.07. The van der Waals surface area contributed by atoms with Crippen molar-refractivity contribution in [2.24, 2.45) is 0 Å². The van der Waals surface area contributed by atoms with Crippen molar-refractivity contribution in [2.45, 2.75) is 25.3 Å². The number of carbonyl (C=O) groups excluding carboxylic acids is 1. The SMILES string of the molecule is O=C(N1CC=C(c2cc3c(Nc4ccc5ncsc5c4)ncnc3[nH]2)CC1)N1CCN2CCCC2C1. The Morgan fingerprint density at radius 1 is 1.08 bits per heavy atom. The summed E-state index contributed by atoms with van der Waals surface area (Å²) in [7, 11) is 0. The summed E-state index contributed by atoms with van der Waals surface area (Å²) in [5, 5.41) is 4.40. The van der Waals surface area contributed by atoms with Crippen LogP contribution in [0.2, 0.25) is 0 Å². The molecule has 0 saturated carbocycles. The van der Waals surface area contributed by atoms with E-state index in [1.165, 1.54) is 25.0 Å². The molecule has 0 bridgehead atoms. The van der Waals surface area contributed by atoms with Crippen LogP contribution in [0.1, 0.15) is 25.0 Å². The second-order valence-electron chi connectivity index (χ2n) is 9.81. The predicted octanol–water partition coefficient (Wildman–Crippen LogP) is 4.30. The Kier molecular flexibility index (Phi) is 5.36. The van der Waals surface area contributed by atoms with Gasteiger partial charge in [0.05, 0.1) is 21.1 Å². The third-order valence-corrected chi connectivity index (χ3v) is 8.49. The summed E-state index contributed by atoms with van der Waals surface area (Å²) in [5.74, 6) is 0.769. The fraction of sp³-hybridized carbons (Fsp3) is 0.385. The van der Waals surface area contributed by atoms with Gasteiger partial charge < -0.3 is 20.1 Å². The van der Waals surface area contributed by atoms with Gasteiger partial charge in [-0.2, -0.15) is 0 Å². The maximum atomic E-state index is 13.2. The van der Waals surface area contributed by atoms with Crippen LogP contribution in [0.4, 0.5) is 16.3 Å². The van der Waals surface area contributed by atoms with Crippen LogP contribution in [0.3, 0.4) is 0 Å². The molecule has 9 nitrogen and oxygen atoms in total. The second kappa shape index (κ2) is 8.86. The van der Waals surface area contributed by atoms with E-state index >= 15 is 0 Å². The van der Waals surface area contributed by atoms with Crippen LogP contribution in [0.5, 0.6) is 0 Å². The van der Waals surface area contributed by atoms with Gasteiger partial charge in [0.1, 0.15) is 17.8 Å². The number of benzene rings is 1. The number of thiazole rings is 1. The Labute approximate surface area is 212 Å². The molecule has 1 atom stereocenters. The van der Waals surface area contributed by atoms with Gasteiger partial charge in [0, 0.05) is 50.1 Å². The van der Waals surface area contributed by atoms with Crippen LogP contribution in [0, 0.1) is 0 Å². The van der Waals surface area contributed by atoms with Crippen LogP contribution >= 0.6 is 11.3 Å². The first-order valence-corrected chi connectivity index (χ1v) is 13.5. The van der Waals surface area contributed by atoms with Gasteiger partial charge in [-0.15, -0.1) is 11.3 Å². The number of H-pyrrole nitrogens is 1. The highest BCUT2D eigenvalue weighted by molar-refractivity contribution is 7.16. The van der Waals surface area contributed by atoms with Crippen LogP contribution in [0.25, 0.3) is 26.8 Å². The average molecular weight is 501 g/mol. The number of nitrogens with one attached hydrogen (secondary N) is 2. The molecule has 1 aromatic carbocycles. The zero-order valence-electron chi connectivity index (χ0n) is 20.0. The van der Waals surface area contributed by atoms with E-state index < -0.39 is 0 Å². The summed E-state index contributed by atoms with van der Waals surface area (Å²) in [6, 6.07) is 8.98. The van der Waals surface area contributed by atoms with E-state index in [0.717, 1.165) is 71.0 Å². The summed E-state index contributed by atoms with van der Waals surface area (Å²) in [5.41, 5.74) is 6.89. The lowest BCUT2D eigenvalue weighted by Crippen LogP contribution is -2.55. The number of aromatic amines is 1. The molecule has 2 amide bonds. The van der Waals surface area contributed by atoms with Gasteiger partial charge >= 0.3 is 6.03 Å². The number of hydrogen-bond donors (Lipinski definition) is 2. The Morgan fingerprint density at radius 2 is 2.06 bits per heavy atom. The summed E-state index contributed by atoms with van der Waals surface area (Å²) in [4.78, 5) is 36.5. The van der Waals surface area contributed by atoms with E-state index in [9.17, 15) is 4.79 Å². The van der Waals surface area contributed by atoms with Gasteiger partial charge in [-0.1, -0.05) is 6.08 Å². The first kappa shape index (κ1) is 21.8. The van der Waals surface area contributed by atoms with Gasteiger partial charge in [0.15, 0.2) is 0 Å². The predicted molar refractivity (Wildman–Crippen MR) is 143 cm³/mol. The van der Waals surface area contributed by atoms with Crippen LogP contribution in [-0.2, 0) is 0 Å². The first-order valence-electron chi connectivity index (χ1n) is 12.6. The van der Waals surface area contributed by atoms with E-state index in [-0.39, 0.29) is 6.03 Å². The Hall–Kier alpha value is -3.50. The van der Waals surface area contributed by atoms with E-state index in [0.29, 0.717) is 12.6 Å². The number of fused-ring (bicyclic) bond motifs is 3. The van der Waals surface area contributed by atoms with Crippen molar-refractivity contribution in [3.63, 3.8) is 0 Å². The maximum absolute atomic E-state index is 13.2. The summed E-state index contributed by atoms with van der Waals surface area (Å²) in [6.45, 7) is 5.29. The van der Waals surface area contributed by atoms with Crippen LogP contribution < -0.4 is 5.32 Å². The number of carbonyl (C=O) groups is 1. The fourth-order valence-corrected chi connectivity index (χ4v) is 6.45. The van der Waals surface area contributed by atoms with Crippen molar-refractivity contribution >= 4 is 55.7 Å². The number of piperazine rings is 1. The lowest BCUT2D eigenvalue weighted by atomic mass is 10.0.